The van der Waals surface area contributed by atoms with Crippen molar-refractivity contribution in [1.29, 1.82) is 0 Å². The van der Waals surface area contributed by atoms with Crippen LogP contribution in [0.3, 0.4) is 0 Å². The fourth-order valence-corrected chi connectivity index (χ4v) is 2.96. The Morgan fingerprint density at radius 3 is 1.86 bits per heavy atom. The molecule has 0 radical (unpaired) electrons. The lowest BCUT2D eigenvalue weighted by molar-refractivity contribution is -0.118. The Morgan fingerprint density at radius 1 is 0.857 bits per heavy atom. The molecule has 2 amide bonds. The lowest BCUT2D eigenvalue weighted by Gasteiger charge is -2.22. The summed E-state index contributed by atoms with van der Waals surface area (Å²) >= 11 is 0. The molecular weight excluding hydrogens is 356 g/mol. The van der Waals surface area contributed by atoms with Crippen LogP contribution in [0, 0.1) is 19.8 Å². The molecule has 2 aromatic rings. The number of carbonyl (C=O) groups is 2. The van der Waals surface area contributed by atoms with Crippen molar-refractivity contribution < 1.29 is 19.1 Å². The first-order valence-electron chi connectivity index (χ1n) is 9.16. The van der Waals surface area contributed by atoms with E-state index in [1.54, 1.807) is 18.2 Å². The van der Waals surface area contributed by atoms with Crippen LogP contribution in [0.4, 0.5) is 5.69 Å². The summed E-state index contributed by atoms with van der Waals surface area (Å²) in [7, 11) is 3.04. The lowest BCUT2D eigenvalue weighted by Crippen LogP contribution is -2.47. The van der Waals surface area contributed by atoms with E-state index in [2.05, 4.69) is 10.6 Å². The maximum Gasteiger partial charge on any atom is 0.252 e. The van der Waals surface area contributed by atoms with E-state index < -0.39 is 6.04 Å². The molecule has 0 aliphatic heterocycles. The zero-order valence-electron chi connectivity index (χ0n) is 17.3. The number of benzene rings is 2. The molecule has 2 aromatic carbocycles. The molecule has 2 rings (SSSR count). The molecule has 0 fully saturated rings. The second-order valence-corrected chi connectivity index (χ2v) is 7.16. The van der Waals surface area contributed by atoms with Crippen LogP contribution in [0.25, 0.3) is 0 Å². The van der Waals surface area contributed by atoms with Crippen LogP contribution in [-0.4, -0.2) is 32.1 Å². The number of amides is 2. The van der Waals surface area contributed by atoms with Crippen molar-refractivity contribution in [1.82, 2.24) is 5.32 Å². The molecule has 0 aromatic heterocycles. The second kappa shape index (κ2) is 9.26. The fourth-order valence-electron chi connectivity index (χ4n) is 2.96. The summed E-state index contributed by atoms with van der Waals surface area (Å²) in [6, 6.07) is 10.0. The summed E-state index contributed by atoms with van der Waals surface area (Å²) in [6.07, 6.45) is 0. The third-order valence-electron chi connectivity index (χ3n) is 4.34. The van der Waals surface area contributed by atoms with Crippen LogP contribution in [0.2, 0.25) is 0 Å². The largest absolute Gasteiger partial charge is 0.497 e. The summed E-state index contributed by atoms with van der Waals surface area (Å²) in [4.78, 5) is 25.6. The number of nitrogens with one attached hydrogen (secondary N) is 2. The smallest absolute Gasteiger partial charge is 0.252 e. The van der Waals surface area contributed by atoms with Gasteiger partial charge in [-0.15, -0.1) is 0 Å². The third-order valence-corrected chi connectivity index (χ3v) is 4.34. The number of rotatable bonds is 7. The Balaban J connectivity index is 2.20. The normalized spacial score (nSPS) is 11.7. The monoisotopic (exact) mass is 384 g/mol. The van der Waals surface area contributed by atoms with Gasteiger partial charge in [-0.1, -0.05) is 19.9 Å². The van der Waals surface area contributed by atoms with Crippen molar-refractivity contribution in [3.8, 4) is 11.5 Å². The Hall–Kier alpha value is -3.02. The predicted octanol–water partition coefficient (Wildman–Crippen LogP) is 3.71. The van der Waals surface area contributed by atoms with E-state index >= 15 is 0 Å². The topological polar surface area (TPSA) is 76.7 Å². The highest BCUT2D eigenvalue weighted by Gasteiger charge is 2.25. The van der Waals surface area contributed by atoms with E-state index in [1.165, 1.54) is 14.2 Å². The average Bonchev–Trinajstić information content (AvgIpc) is 2.64. The van der Waals surface area contributed by atoms with Crippen LogP contribution in [0.1, 0.15) is 35.3 Å². The van der Waals surface area contributed by atoms with Gasteiger partial charge in [0.15, 0.2) is 0 Å². The van der Waals surface area contributed by atoms with Crippen molar-refractivity contribution in [3.05, 3.63) is 53.1 Å². The highest BCUT2D eigenvalue weighted by molar-refractivity contribution is 6.01. The number of methoxy groups -OCH3 is 2. The van der Waals surface area contributed by atoms with E-state index in [0.717, 1.165) is 11.1 Å². The summed E-state index contributed by atoms with van der Waals surface area (Å²) in [5, 5.41) is 5.73. The summed E-state index contributed by atoms with van der Waals surface area (Å²) in [5.74, 6) is 0.285. The van der Waals surface area contributed by atoms with Crippen molar-refractivity contribution in [2.45, 2.75) is 33.7 Å². The lowest BCUT2D eigenvalue weighted by atomic mass is 10.0. The van der Waals surface area contributed by atoms with Crippen LogP contribution >= 0.6 is 0 Å². The molecule has 0 aliphatic carbocycles. The second-order valence-electron chi connectivity index (χ2n) is 7.16. The number of anilines is 1. The summed E-state index contributed by atoms with van der Waals surface area (Å²) < 4.78 is 10.4. The highest BCUT2D eigenvalue weighted by Crippen LogP contribution is 2.23. The zero-order chi connectivity index (χ0) is 20.8. The van der Waals surface area contributed by atoms with E-state index in [9.17, 15) is 9.59 Å². The first-order valence-corrected chi connectivity index (χ1v) is 9.16. The van der Waals surface area contributed by atoms with Gasteiger partial charge in [-0.05, 0) is 55.2 Å². The van der Waals surface area contributed by atoms with Crippen LogP contribution in [-0.2, 0) is 4.79 Å². The number of hydrogen-bond donors (Lipinski definition) is 2. The Morgan fingerprint density at radius 2 is 1.39 bits per heavy atom. The number of aryl methyl sites for hydroxylation is 2. The Bertz CT molecular complexity index is 819. The minimum Gasteiger partial charge on any atom is -0.497 e. The first kappa shape index (κ1) is 21.3. The molecule has 0 aliphatic rings. The maximum absolute atomic E-state index is 12.8. The van der Waals surface area contributed by atoms with Gasteiger partial charge in [0.25, 0.3) is 5.91 Å². The summed E-state index contributed by atoms with van der Waals surface area (Å²) in [6.45, 7) is 7.72. The molecular formula is C22H28N2O4. The van der Waals surface area contributed by atoms with Gasteiger partial charge in [0.2, 0.25) is 5.91 Å². The van der Waals surface area contributed by atoms with Crippen molar-refractivity contribution in [2.75, 3.05) is 19.5 Å². The van der Waals surface area contributed by atoms with Gasteiger partial charge in [0.1, 0.15) is 17.5 Å². The fraction of sp³-hybridized carbons (Fsp3) is 0.364. The molecule has 6 nitrogen and oxygen atoms in total. The van der Waals surface area contributed by atoms with E-state index in [-0.39, 0.29) is 17.7 Å². The molecule has 0 spiro atoms. The van der Waals surface area contributed by atoms with Gasteiger partial charge in [-0.3, -0.25) is 9.59 Å². The van der Waals surface area contributed by atoms with Gasteiger partial charge in [-0.2, -0.15) is 0 Å². The van der Waals surface area contributed by atoms with Crippen molar-refractivity contribution in [3.63, 3.8) is 0 Å². The number of ether oxygens (including phenoxy) is 2. The highest BCUT2D eigenvalue weighted by atomic mass is 16.5. The van der Waals surface area contributed by atoms with Gasteiger partial charge in [0.05, 0.1) is 14.2 Å². The molecule has 0 bridgehead atoms. The summed E-state index contributed by atoms with van der Waals surface area (Å²) in [5.41, 5.74) is 3.19. The van der Waals surface area contributed by atoms with Gasteiger partial charge >= 0.3 is 0 Å². The maximum atomic E-state index is 12.8. The van der Waals surface area contributed by atoms with E-state index in [4.69, 9.17) is 9.47 Å². The quantitative estimate of drug-likeness (QED) is 0.763. The van der Waals surface area contributed by atoms with Gasteiger partial charge in [-0.25, -0.2) is 0 Å². The van der Waals surface area contributed by atoms with Crippen molar-refractivity contribution in [2.24, 2.45) is 5.92 Å². The molecule has 0 unspecified atom stereocenters. The molecule has 2 N–H and O–H groups in total. The molecule has 0 heterocycles. The van der Waals surface area contributed by atoms with Gasteiger partial charge in [0, 0.05) is 17.3 Å². The molecule has 28 heavy (non-hydrogen) atoms. The van der Waals surface area contributed by atoms with Crippen molar-refractivity contribution >= 4 is 17.5 Å². The van der Waals surface area contributed by atoms with E-state index in [0.29, 0.717) is 22.7 Å². The predicted molar refractivity (Wildman–Crippen MR) is 110 cm³/mol. The molecule has 0 saturated carbocycles. The third kappa shape index (κ3) is 5.49. The standard InChI is InChI=1S/C22H28N2O4/c1-13(2)20(22(26)23-17-8-14(3)7-15(4)9-17)24-21(25)16-10-18(27-5)12-19(11-16)28-6/h7-13,20H,1-6H3,(H,23,26)(H,24,25)/t20-/m1/s1. The minimum atomic E-state index is -0.689. The van der Waals surface area contributed by atoms with E-state index in [1.807, 2.05) is 45.9 Å². The molecule has 0 saturated heterocycles. The van der Waals surface area contributed by atoms with Gasteiger partial charge < -0.3 is 20.1 Å². The SMILES string of the molecule is COc1cc(OC)cc(C(=O)N[C@@H](C(=O)Nc2cc(C)cc(C)c2)C(C)C)c1. The average molecular weight is 384 g/mol. The molecule has 1 atom stereocenters. The zero-order valence-corrected chi connectivity index (χ0v) is 17.3. The molecule has 150 valence electrons. The Labute approximate surface area is 166 Å². The molecule has 6 heteroatoms. The van der Waals surface area contributed by atoms with Crippen LogP contribution in [0.15, 0.2) is 36.4 Å². The first-order chi connectivity index (χ1) is 13.2. The minimum absolute atomic E-state index is 0.0950. The number of carbonyl (C=O) groups excluding carboxylic acids is 2. The Kier molecular flexibility index (Phi) is 7.04. The van der Waals surface area contributed by atoms with Crippen LogP contribution in [0.5, 0.6) is 11.5 Å². The van der Waals surface area contributed by atoms with Crippen LogP contribution < -0.4 is 20.1 Å². The number of hydrogen-bond acceptors (Lipinski definition) is 4.